The SMILES string of the molecule is CC[C@@H]1C[C@]1(NC(=O)[C@@H]1C[C@@H]2C[C@H]1C(=O)N[C@H](C)C(=O)NCCCCOc1ccc3c(c1)C(=NO2)c1ccccc1-3)C(=O)NS(=O)(=O)C1CC1. The van der Waals surface area contributed by atoms with E-state index in [-0.39, 0.29) is 24.7 Å². The van der Waals surface area contributed by atoms with E-state index < -0.39 is 62.5 Å². The van der Waals surface area contributed by atoms with Crippen molar-refractivity contribution in [1.82, 2.24) is 20.7 Å². The fraction of sp³-hybridized carbons (Fsp3) is 0.528. The van der Waals surface area contributed by atoms with E-state index in [1.165, 1.54) is 0 Å². The van der Waals surface area contributed by atoms with Crippen LogP contribution in [0.3, 0.4) is 0 Å². The second kappa shape index (κ2) is 13.3. The van der Waals surface area contributed by atoms with E-state index in [1.54, 1.807) is 6.92 Å². The molecular weight excluding hydrogens is 662 g/mol. The molecule has 0 aromatic heterocycles. The fourth-order valence-corrected chi connectivity index (χ4v) is 8.83. The van der Waals surface area contributed by atoms with Gasteiger partial charge in [0, 0.05) is 17.7 Å². The first-order chi connectivity index (χ1) is 24.0. The molecular formula is C36H43N5O8S. The lowest BCUT2D eigenvalue weighted by atomic mass is 9.93. The molecule has 7 rings (SSSR count). The van der Waals surface area contributed by atoms with E-state index in [9.17, 15) is 27.6 Å². The Balaban J connectivity index is 1.17. The van der Waals surface area contributed by atoms with Crippen molar-refractivity contribution in [3.8, 4) is 16.9 Å². The Bertz CT molecular complexity index is 1860. The normalized spacial score (nSPS) is 29.3. The van der Waals surface area contributed by atoms with Gasteiger partial charge in [0.05, 0.1) is 23.7 Å². The van der Waals surface area contributed by atoms with Crippen LogP contribution in [-0.2, 0) is 34.0 Å². The molecule has 0 unspecified atom stereocenters. The molecule has 4 amide bonds. The predicted molar refractivity (Wildman–Crippen MR) is 183 cm³/mol. The van der Waals surface area contributed by atoms with Gasteiger partial charge in [-0.25, -0.2) is 8.42 Å². The van der Waals surface area contributed by atoms with Crippen molar-refractivity contribution >= 4 is 39.4 Å². The molecule has 1 heterocycles. The van der Waals surface area contributed by atoms with Gasteiger partial charge in [-0.1, -0.05) is 42.8 Å². The number of benzene rings is 2. The molecule has 1 aliphatic heterocycles. The van der Waals surface area contributed by atoms with Gasteiger partial charge in [-0.3, -0.25) is 23.9 Å². The maximum atomic E-state index is 14.1. The van der Waals surface area contributed by atoms with Gasteiger partial charge in [0.25, 0.3) is 5.91 Å². The molecule has 266 valence electrons. The molecule has 0 spiro atoms. The molecule has 2 aromatic carbocycles. The molecule has 0 saturated heterocycles. The quantitative estimate of drug-likeness (QED) is 0.302. The molecule has 2 aromatic rings. The van der Waals surface area contributed by atoms with Gasteiger partial charge < -0.3 is 25.5 Å². The van der Waals surface area contributed by atoms with Crippen LogP contribution < -0.4 is 25.4 Å². The van der Waals surface area contributed by atoms with Gasteiger partial charge in [-0.15, -0.1) is 0 Å². The number of fused-ring (bicyclic) bond motifs is 6. The van der Waals surface area contributed by atoms with Crippen LogP contribution in [0.1, 0.15) is 76.3 Å². The minimum absolute atomic E-state index is 0.119. The molecule has 3 fully saturated rings. The first kappa shape index (κ1) is 34.0. The highest BCUT2D eigenvalue weighted by Gasteiger charge is 2.62. The van der Waals surface area contributed by atoms with Crippen molar-refractivity contribution in [2.45, 2.75) is 88.1 Å². The van der Waals surface area contributed by atoms with Crippen molar-refractivity contribution in [3.63, 3.8) is 0 Å². The van der Waals surface area contributed by atoms with Gasteiger partial charge in [-0.05, 0) is 87.1 Å². The second-order valence-corrected chi connectivity index (χ2v) is 16.1. The number of sulfonamides is 1. The lowest BCUT2D eigenvalue weighted by molar-refractivity contribution is -0.137. The number of nitrogens with zero attached hydrogens (tertiary/aromatic N) is 1. The number of carbonyl (C=O) groups excluding carboxylic acids is 4. The summed E-state index contributed by atoms with van der Waals surface area (Å²) in [5.41, 5.74) is 2.96. The van der Waals surface area contributed by atoms with Crippen molar-refractivity contribution in [1.29, 1.82) is 0 Å². The highest BCUT2D eigenvalue weighted by molar-refractivity contribution is 7.91. The summed E-state index contributed by atoms with van der Waals surface area (Å²) in [6.07, 6.45) is 2.82. The van der Waals surface area contributed by atoms with Crippen molar-refractivity contribution in [2.75, 3.05) is 13.2 Å². The fourth-order valence-electron chi connectivity index (χ4n) is 7.47. The van der Waals surface area contributed by atoms with Gasteiger partial charge in [0.2, 0.25) is 27.7 Å². The summed E-state index contributed by atoms with van der Waals surface area (Å²) in [6.45, 7) is 4.32. The third kappa shape index (κ3) is 6.57. The number of ether oxygens (including phenoxy) is 1. The summed E-state index contributed by atoms with van der Waals surface area (Å²) in [5, 5.41) is 12.5. The third-order valence-corrected chi connectivity index (χ3v) is 12.5. The molecule has 6 atom stereocenters. The third-order valence-electron chi connectivity index (χ3n) is 10.6. The molecule has 0 radical (unpaired) electrons. The van der Waals surface area contributed by atoms with E-state index in [0.29, 0.717) is 63.1 Å². The molecule has 4 aliphatic carbocycles. The molecule has 5 aliphatic rings. The van der Waals surface area contributed by atoms with E-state index in [4.69, 9.17) is 9.57 Å². The minimum atomic E-state index is -3.83. The standard InChI is InChI=1S/C36H43N5O8S/c1-3-21-19-36(21,35(45)41-50(46,47)24-11-12-24)39-34(44)30-18-23-17-29(30)33(43)38-20(2)32(42)37-14-6-7-15-48-22-10-13-26-25-8-4-5-9-27(25)31(40-49-23)28(26)16-22/h4-5,8-10,13,16,20-21,23-24,29-30H,3,6-7,11-12,14-15,17-19H2,1-2H3,(H,37,42)(H,38,43)(H,39,44)(H,41,45)/t20-,21-,23+,29-,30-,36-/m1/s1. The maximum absolute atomic E-state index is 14.1. The number of hydrogen-bond acceptors (Lipinski definition) is 9. The van der Waals surface area contributed by atoms with Crippen LogP contribution in [0.5, 0.6) is 5.75 Å². The van der Waals surface area contributed by atoms with Crippen molar-refractivity contribution in [3.05, 3.63) is 53.6 Å². The second-order valence-electron chi connectivity index (χ2n) is 14.1. The molecule has 3 saturated carbocycles. The Morgan fingerprint density at radius 2 is 1.76 bits per heavy atom. The Labute approximate surface area is 291 Å². The van der Waals surface area contributed by atoms with Crippen LogP contribution in [0.4, 0.5) is 0 Å². The topological polar surface area (TPSA) is 181 Å². The monoisotopic (exact) mass is 705 g/mol. The molecule has 13 nitrogen and oxygen atoms in total. The number of nitrogens with one attached hydrogen (secondary N) is 4. The number of rotatable bonds is 6. The Morgan fingerprint density at radius 3 is 2.50 bits per heavy atom. The lowest BCUT2D eigenvalue weighted by Crippen LogP contribution is -2.55. The van der Waals surface area contributed by atoms with Gasteiger partial charge in [0.1, 0.15) is 29.1 Å². The Morgan fingerprint density at radius 1 is 1.00 bits per heavy atom. The number of amides is 4. The summed E-state index contributed by atoms with van der Waals surface area (Å²) in [6, 6.07) is 12.9. The first-order valence-electron chi connectivity index (χ1n) is 17.6. The zero-order chi connectivity index (χ0) is 35.2. The average Bonchev–Trinajstić information content (AvgIpc) is 4.01. The molecule has 50 heavy (non-hydrogen) atoms. The highest BCUT2D eigenvalue weighted by Crippen LogP contribution is 2.48. The highest BCUT2D eigenvalue weighted by atomic mass is 32.2. The predicted octanol–water partition coefficient (Wildman–Crippen LogP) is 2.52. The van der Waals surface area contributed by atoms with E-state index >= 15 is 0 Å². The largest absolute Gasteiger partial charge is 0.494 e. The number of oxime groups is 1. The van der Waals surface area contributed by atoms with Crippen LogP contribution in [0.2, 0.25) is 0 Å². The Hall–Kier alpha value is -4.46. The van der Waals surface area contributed by atoms with Gasteiger partial charge in [-0.2, -0.15) is 0 Å². The minimum Gasteiger partial charge on any atom is -0.494 e. The van der Waals surface area contributed by atoms with Crippen LogP contribution in [0, 0.1) is 17.8 Å². The average molecular weight is 706 g/mol. The molecule has 14 heteroatoms. The van der Waals surface area contributed by atoms with Crippen LogP contribution >= 0.6 is 0 Å². The van der Waals surface area contributed by atoms with E-state index in [1.807, 2.05) is 49.4 Å². The molecule has 4 bridgehead atoms. The van der Waals surface area contributed by atoms with Crippen LogP contribution in [0.15, 0.2) is 47.6 Å². The van der Waals surface area contributed by atoms with E-state index in [0.717, 1.165) is 22.3 Å². The number of hydrogen-bond donors (Lipinski definition) is 4. The smallest absolute Gasteiger partial charge is 0.259 e. The zero-order valence-electron chi connectivity index (χ0n) is 28.2. The van der Waals surface area contributed by atoms with Gasteiger partial charge >= 0.3 is 0 Å². The molecule has 4 N–H and O–H groups in total. The first-order valence-corrected chi connectivity index (χ1v) is 19.1. The summed E-state index contributed by atoms with van der Waals surface area (Å²) in [5.74, 6) is -3.52. The summed E-state index contributed by atoms with van der Waals surface area (Å²) < 4.78 is 33.5. The summed E-state index contributed by atoms with van der Waals surface area (Å²) in [4.78, 5) is 60.2. The zero-order valence-corrected chi connectivity index (χ0v) is 29.0. The lowest BCUT2D eigenvalue weighted by Gasteiger charge is -2.24. The summed E-state index contributed by atoms with van der Waals surface area (Å²) in [7, 11) is -3.83. The van der Waals surface area contributed by atoms with E-state index in [2.05, 4.69) is 25.8 Å². The van der Waals surface area contributed by atoms with Gasteiger partial charge in [0.15, 0.2) is 0 Å². The Kier molecular flexibility index (Phi) is 9.08. The number of carbonyl (C=O) groups is 4. The van der Waals surface area contributed by atoms with Crippen LogP contribution in [-0.4, -0.2) is 73.8 Å². The van der Waals surface area contributed by atoms with Crippen LogP contribution in [0.25, 0.3) is 11.1 Å². The summed E-state index contributed by atoms with van der Waals surface area (Å²) >= 11 is 0. The maximum Gasteiger partial charge on any atom is 0.259 e. The van der Waals surface area contributed by atoms with Crippen molar-refractivity contribution < 1.29 is 37.2 Å². The van der Waals surface area contributed by atoms with Crippen molar-refractivity contribution in [2.24, 2.45) is 22.9 Å².